The third-order valence-electron chi connectivity index (χ3n) is 2.16. The largest absolute Gasteiger partial charge is 0.408 e. The summed E-state index contributed by atoms with van der Waals surface area (Å²) in [6, 6.07) is 0.394. The highest BCUT2D eigenvalue weighted by Gasteiger charge is 2.25. The predicted molar refractivity (Wildman–Crippen MR) is 67.5 cm³/mol. The molecular weight excluding hydrogens is 260 g/mol. The van der Waals surface area contributed by atoms with Crippen molar-refractivity contribution < 1.29 is 4.42 Å². The number of rotatable bonds is 5. The molecule has 1 N–H and O–H groups in total. The number of halogens is 1. The number of hydrogen-bond donors (Lipinski definition) is 1. The maximum Gasteiger partial charge on any atom is 0.316 e. The number of hydrogen-bond acceptors (Lipinski definition) is 6. The SMILES string of the molecule is CC(C)(Nc1nnc(CCCl)o1)c1nccs1. The number of nitrogens with one attached hydrogen (secondary N) is 1. The maximum absolute atomic E-state index is 5.60. The second-order valence-electron chi connectivity index (χ2n) is 4.03. The van der Waals surface area contributed by atoms with Crippen LogP contribution in [0.15, 0.2) is 16.0 Å². The van der Waals surface area contributed by atoms with Crippen LogP contribution in [0.4, 0.5) is 6.01 Å². The first kappa shape index (κ1) is 12.3. The minimum absolute atomic E-state index is 0.334. The average molecular weight is 273 g/mol. The standard InChI is InChI=1S/C10H13ClN4OS/c1-10(2,8-12-5-6-17-8)13-9-15-14-7(16-9)3-4-11/h5-6H,3-4H2,1-2H3,(H,13,15). The number of thiazole rings is 1. The molecule has 0 aliphatic carbocycles. The molecule has 7 heteroatoms. The van der Waals surface area contributed by atoms with E-state index in [4.69, 9.17) is 16.0 Å². The summed E-state index contributed by atoms with van der Waals surface area (Å²) in [6.07, 6.45) is 2.35. The third kappa shape index (κ3) is 2.95. The van der Waals surface area contributed by atoms with Gasteiger partial charge in [0.2, 0.25) is 5.89 Å². The minimum atomic E-state index is -0.334. The molecule has 0 saturated heterocycles. The lowest BCUT2D eigenvalue weighted by molar-refractivity contribution is 0.485. The second-order valence-corrected chi connectivity index (χ2v) is 5.30. The van der Waals surface area contributed by atoms with Gasteiger partial charge in [-0.2, -0.15) is 0 Å². The van der Waals surface area contributed by atoms with Crippen LogP contribution in [0, 0.1) is 0 Å². The summed E-state index contributed by atoms with van der Waals surface area (Å²) in [5, 5.41) is 13.9. The van der Waals surface area contributed by atoms with E-state index in [1.54, 1.807) is 17.5 Å². The van der Waals surface area contributed by atoms with Crippen molar-refractivity contribution >= 4 is 29.0 Å². The molecule has 0 atom stereocenters. The molecule has 0 radical (unpaired) electrons. The van der Waals surface area contributed by atoms with E-state index >= 15 is 0 Å². The Morgan fingerprint density at radius 1 is 1.47 bits per heavy atom. The molecule has 2 aromatic rings. The van der Waals surface area contributed by atoms with Crippen molar-refractivity contribution in [3.05, 3.63) is 22.5 Å². The number of nitrogens with zero attached hydrogens (tertiary/aromatic N) is 3. The molecule has 0 fully saturated rings. The summed E-state index contributed by atoms with van der Waals surface area (Å²) < 4.78 is 5.42. The van der Waals surface area contributed by atoms with Gasteiger partial charge in [0, 0.05) is 23.9 Å². The molecule has 0 spiro atoms. The van der Waals surface area contributed by atoms with Gasteiger partial charge in [0.15, 0.2) is 0 Å². The molecule has 0 saturated carbocycles. The van der Waals surface area contributed by atoms with E-state index in [2.05, 4.69) is 20.5 Å². The Labute approximate surface area is 108 Å². The van der Waals surface area contributed by atoms with Gasteiger partial charge >= 0.3 is 6.01 Å². The Bertz CT molecular complexity index is 468. The van der Waals surface area contributed by atoms with Crippen LogP contribution in [-0.4, -0.2) is 21.1 Å². The molecule has 0 aliphatic rings. The number of alkyl halides is 1. The fraction of sp³-hybridized carbons (Fsp3) is 0.500. The summed E-state index contributed by atoms with van der Waals surface area (Å²) in [6.45, 7) is 4.02. The van der Waals surface area contributed by atoms with Crippen LogP contribution in [0.5, 0.6) is 0 Å². The average Bonchev–Trinajstić information content (AvgIpc) is 2.88. The lowest BCUT2D eigenvalue weighted by Crippen LogP contribution is -2.27. The lowest BCUT2D eigenvalue weighted by Gasteiger charge is -2.21. The fourth-order valence-corrected chi connectivity index (χ4v) is 2.22. The highest BCUT2D eigenvalue weighted by Crippen LogP contribution is 2.26. The van der Waals surface area contributed by atoms with E-state index in [9.17, 15) is 0 Å². The van der Waals surface area contributed by atoms with Crippen molar-refractivity contribution in [2.45, 2.75) is 25.8 Å². The first-order valence-electron chi connectivity index (χ1n) is 5.18. The van der Waals surface area contributed by atoms with Crippen molar-refractivity contribution in [3.8, 4) is 0 Å². The van der Waals surface area contributed by atoms with Crippen LogP contribution in [0.3, 0.4) is 0 Å². The van der Waals surface area contributed by atoms with Crippen LogP contribution >= 0.6 is 22.9 Å². The predicted octanol–water partition coefficient (Wildman–Crippen LogP) is 2.65. The van der Waals surface area contributed by atoms with Crippen molar-refractivity contribution in [2.24, 2.45) is 0 Å². The summed E-state index contributed by atoms with van der Waals surface area (Å²) in [4.78, 5) is 4.27. The van der Waals surface area contributed by atoms with E-state index in [0.717, 1.165) is 5.01 Å². The van der Waals surface area contributed by atoms with Gasteiger partial charge in [0.1, 0.15) is 5.01 Å². The molecule has 2 rings (SSSR count). The number of aryl methyl sites for hydroxylation is 1. The van der Waals surface area contributed by atoms with Crippen LogP contribution in [-0.2, 0) is 12.0 Å². The molecule has 92 valence electrons. The summed E-state index contributed by atoms with van der Waals surface area (Å²) in [5.41, 5.74) is -0.334. The zero-order valence-electron chi connectivity index (χ0n) is 9.61. The van der Waals surface area contributed by atoms with Crippen molar-refractivity contribution in [2.75, 3.05) is 11.2 Å². The normalized spacial score (nSPS) is 11.7. The van der Waals surface area contributed by atoms with Gasteiger partial charge in [-0.1, -0.05) is 5.10 Å². The smallest absolute Gasteiger partial charge is 0.316 e. The van der Waals surface area contributed by atoms with Gasteiger partial charge in [0.05, 0.1) is 5.54 Å². The molecule has 0 unspecified atom stereocenters. The zero-order chi connectivity index (χ0) is 12.3. The minimum Gasteiger partial charge on any atom is -0.408 e. The van der Waals surface area contributed by atoms with Gasteiger partial charge < -0.3 is 9.73 Å². The molecule has 0 bridgehead atoms. The zero-order valence-corrected chi connectivity index (χ0v) is 11.2. The van der Waals surface area contributed by atoms with E-state index in [-0.39, 0.29) is 5.54 Å². The second kappa shape index (κ2) is 5.01. The topological polar surface area (TPSA) is 63.8 Å². The highest BCUT2D eigenvalue weighted by molar-refractivity contribution is 7.09. The Hall–Kier alpha value is -1.14. The molecule has 0 aromatic carbocycles. The third-order valence-corrected chi connectivity index (χ3v) is 3.45. The lowest BCUT2D eigenvalue weighted by atomic mass is 10.1. The molecule has 0 aliphatic heterocycles. The van der Waals surface area contributed by atoms with Gasteiger partial charge in [-0.05, 0) is 13.8 Å². The first-order valence-corrected chi connectivity index (χ1v) is 6.60. The Kier molecular flexibility index (Phi) is 3.63. The summed E-state index contributed by atoms with van der Waals surface area (Å²) >= 11 is 7.18. The van der Waals surface area contributed by atoms with Crippen molar-refractivity contribution in [3.63, 3.8) is 0 Å². The van der Waals surface area contributed by atoms with E-state index in [1.165, 1.54) is 0 Å². The quantitative estimate of drug-likeness (QED) is 0.848. The molecule has 0 amide bonds. The van der Waals surface area contributed by atoms with E-state index in [1.807, 2.05) is 19.2 Å². The molecular formula is C10H13ClN4OS. The van der Waals surface area contributed by atoms with Crippen molar-refractivity contribution in [1.29, 1.82) is 0 Å². The number of aromatic nitrogens is 3. The fourth-order valence-electron chi connectivity index (χ4n) is 1.34. The van der Waals surface area contributed by atoms with Crippen LogP contribution in [0.2, 0.25) is 0 Å². The Balaban J connectivity index is 2.09. The molecule has 5 nitrogen and oxygen atoms in total. The molecule has 2 heterocycles. The summed E-state index contributed by atoms with van der Waals surface area (Å²) in [5.74, 6) is 1.01. The Morgan fingerprint density at radius 3 is 2.94 bits per heavy atom. The van der Waals surface area contributed by atoms with Crippen molar-refractivity contribution in [1.82, 2.24) is 15.2 Å². The monoisotopic (exact) mass is 272 g/mol. The van der Waals surface area contributed by atoms with Crippen LogP contribution < -0.4 is 5.32 Å². The Morgan fingerprint density at radius 2 is 2.29 bits per heavy atom. The van der Waals surface area contributed by atoms with Gasteiger partial charge in [-0.25, -0.2) is 4.98 Å². The van der Waals surface area contributed by atoms with Gasteiger partial charge in [-0.15, -0.1) is 28.0 Å². The van der Waals surface area contributed by atoms with Crippen LogP contribution in [0.25, 0.3) is 0 Å². The van der Waals surface area contributed by atoms with E-state index < -0.39 is 0 Å². The first-order chi connectivity index (χ1) is 8.12. The van der Waals surface area contributed by atoms with Gasteiger partial charge in [-0.3, -0.25) is 0 Å². The highest BCUT2D eigenvalue weighted by atomic mass is 35.5. The molecule has 2 aromatic heterocycles. The maximum atomic E-state index is 5.60. The van der Waals surface area contributed by atoms with E-state index in [0.29, 0.717) is 24.2 Å². The van der Waals surface area contributed by atoms with Crippen LogP contribution in [0.1, 0.15) is 24.7 Å². The summed E-state index contributed by atoms with van der Waals surface area (Å²) in [7, 11) is 0. The number of anilines is 1. The van der Waals surface area contributed by atoms with Gasteiger partial charge in [0.25, 0.3) is 0 Å². The molecule has 17 heavy (non-hydrogen) atoms.